The number of carboxylic acids is 1. The Morgan fingerprint density at radius 1 is 1.07 bits per heavy atom. The molecule has 4 rings (SSSR count). The first-order valence-corrected chi connectivity index (χ1v) is 10.0. The van der Waals surface area contributed by atoms with Crippen LogP contribution in [-0.2, 0) is 17.6 Å². The number of fused-ring (bicyclic) bond motifs is 2. The smallest absolute Gasteiger partial charge is 0.307 e. The maximum Gasteiger partial charge on any atom is 0.307 e. The summed E-state index contributed by atoms with van der Waals surface area (Å²) in [6.45, 7) is 4.76. The van der Waals surface area contributed by atoms with Crippen LogP contribution < -0.4 is 4.90 Å². The molecule has 2 aromatic rings. The summed E-state index contributed by atoms with van der Waals surface area (Å²) in [6.07, 6.45) is 3.88. The molecule has 142 valence electrons. The minimum atomic E-state index is -0.655. The molecule has 2 atom stereocenters. The number of piperidine rings is 1. The molecule has 27 heavy (non-hydrogen) atoms. The Labute approximate surface area is 161 Å². The van der Waals surface area contributed by atoms with Crippen LogP contribution in [0.15, 0.2) is 48.5 Å². The van der Waals surface area contributed by atoms with Crippen LogP contribution in [0, 0.1) is 5.92 Å². The number of rotatable bonds is 4. The molecule has 2 aliphatic heterocycles. The Kier molecular flexibility index (Phi) is 5.17. The molecule has 0 aromatic heterocycles. The van der Waals surface area contributed by atoms with Crippen LogP contribution in [0.2, 0.25) is 0 Å². The van der Waals surface area contributed by atoms with Gasteiger partial charge in [0.15, 0.2) is 0 Å². The van der Waals surface area contributed by atoms with E-state index in [1.54, 1.807) is 0 Å². The molecule has 1 unspecified atom stereocenters. The quantitative estimate of drug-likeness (QED) is 0.887. The number of benzene rings is 2. The summed E-state index contributed by atoms with van der Waals surface area (Å²) in [5.74, 6) is -0.887. The summed E-state index contributed by atoms with van der Waals surface area (Å²) in [4.78, 5) is 16.3. The van der Waals surface area contributed by atoms with E-state index in [1.165, 1.54) is 22.5 Å². The SMILES string of the molecule is CC(CN1c2ccccc2CCc2ccccc21)N1CCC[C@@H](C(=O)O)C1. The second-order valence-electron chi connectivity index (χ2n) is 7.89. The highest BCUT2D eigenvalue weighted by Gasteiger charge is 2.30. The fourth-order valence-electron chi connectivity index (χ4n) is 4.55. The second-order valence-corrected chi connectivity index (χ2v) is 7.89. The molecule has 1 saturated heterocycles. The molecule has 0 aliphatic carbocycles. The summed E-state index contributed by atoms with van der Waals surface area (Å²) in [6, 6.07) is 17.7. The molecular formula is C23H28N2O2. The van der Waals surface area contributed by atoms with E-state index < -0.39 is 5.97 Å². The lowest BCUT2D eigenvalue weighted by molar-refractivity contribution is -0.143. The predicted molar refractivity (Wildman–Crippen MR) is 109 cm³/mol. The number of aliphatic carboxylic acids is 1. The van der Waals surface area contributed by atoms with Crippen LogP contribution >= 0.6 is 0 Å². The Bertz CT molecular complexity index is 772. The zero-order valence-corrected chi connectivity index (χ0v) is 16.0. The molecule has 2 aliphatic rings. The van der Waals surface area contributed by atoms with Gasteiger partial charge < -0.3 is 10.0 Å². The van der Waals surface area contributed by atoms with Crippen molar-refractivity contribution in [3.63, 3.8) is 0 Å². The van der Waals surface area contributed by atoms with Gasteiger partial charge in [0.2, 0.25) is 0 Å². The lowest BCUT2D eigenvalue weighted by atomic mass is 9.97. The van der Waals surface area contributed by atoms with Crippen molar-refractivity contribution in [1.29, 1.82) is 0 Å². The lowest BCUT2D eigenvalue weighted by Gasteiger charge is -2.38. The van der Waals surface area contributed by atoms with Crippen molar-refractivity contribution in [3.8, 4) is 0 Å². The normalized spacial score (nSPS) is 21.1. The summed E-state index contributed by atoms with van der Waals surface area (Å²) < 4.78 is 0. The van der Waals surface area contributed by atoms with E-state index in [0.717, 1.165) is 38.8 Å². The van der Waals surface area contributed by atoms with Gasteiger partial charge in [0.25, 0.3) is 0 Å². The van der Waals surface area contributed by atoms with Crippen molar-refractivity contribution in [2.45, 2.75) is 38.6 Å². The fraction of sp³-hybridized carbons (Fsp3) is 0.435. The van der Waals surface area contributed by atoms with Gasteiger partial charge in [0.05, 0.1) is 5.92 Å². The van der Waals surface area contributed by atoms with Crippen molar-refractivity contribution in [1.82, 2.24) is 4.90 Å². The van der Waals surface area contributed by atoms with Crippen molar-refractivity contribution < 1.29 is 9.90 Å². The van der Waals surface area contributed by atoms with Crippen molar-refractivity contribution >= 4 is 17.3 Å². The molecule has 0 bridgehead atoms. The summed E-state index contributed by atoms with van der Waals surface area (Å²) in [5, 5.41) is 9.42. The first-order chi connectivity index (χ1) is 13.1. The van der Waals surface area contributed by atoms with Crippen LogP contribution in [0.5, 0.6) is 0 Å². The van der Waals surface area contributed by atoms with Gasteiger partial charge >= 0.3 is 5.97 Å². The molecule has 2 aromatic carbocycles. The number of para-hydroxylation sites is 2. The van der Waals surface area contributed by atoms with E-state index in [0.29, 0.717) is 12.6 Å². The Morgan fingerprint density at radius 3 is 2.26 bits per heavy atom. The molecule has 0 spiro atoms. The van der Waals surface area contributed by atoms with E-state index in [1.807, 2.05) is 0 Å². The highest BCUT2D eigenvalue weighted by atomic mass is 16.4. The van der Waals surface area contributed by atoms with Crippen LogP contribution in [0.3, 0.4) is 0 Å². The molecular weight excluding hydrogens is 336 g/mol. The summed E-state index contributed by atoms with van der Waals surface area (Å²) in [7, 11) is 0. The van der Waals surface area contributed by atoms with Gasteiger partial charge in [-0.3, -0.25) is 9.69 Å². The van der Waals surface area contributed by atoms with Gasteiger partial charge in [0.1, 0.15) is 0 Å². The van der Waals surface area contributed by atoms with Gasteiger partial charge in [-0.1, -0.05) is 36.4 Å². The topological polar surface area (TPSA) is 43.8 Å². The third-order valence-electron chi connectivity index (χ3n) is 6.10. The number of likely N-dealkylation sites (tertiary alicyclic amines) is 1. The van der Waals surface area contributed by atoms with Gasteiger partial charge in [-0.15, -0.1) is 0 Å². The lowest BCUT2D eigenvalue weighted by Crippen LogP contribution is -2.47. The predicted octanol–water partition coefficient (Wildman–Crippen LogP) is 4.11. The molecule has 0 amide bonds. The average Bonchev–Trinajstić information content (AvgIpc) is 2.86. The van der Waals surface area contributed by atoms with E-state index >= 15 is 0 Å². The van der Waals surface area contributed by atoms with E-state index in [9.17, 15) is 9.90 Å². The van der Waals surface area contributed by atoms with Crippen LogP contribution in [0.1, 0.15) is 30.9 Å². The van der Waals surface area contributed by atoms with E-state index in [4.69, 9.17) is 0 Å². The minimum Gasteiger partial charge on any atom is -0.481 e. The number of hydrogen-bond donors (Lipinski definition) is 1. The van der Waals surface area contributed by atoms with Crippen LogP contribution in [-0.4, -0.2) is 41.7 Å². The average molecular weight is 364 g/mol. The third kappa shape index (κ3) is 3.72. The molecule has 4 nitrogen and oxygen atoms in total. The number of anilines is 2. The molecule has 1 fully saturated rings. The van der Waals surface area contributed by atoms with Gasteiger partial charge in [-0.2, -0.15) is 0 Å². The maximum atomic E-state index is 11.4. The fourth-order valence-corrected chi connectivity index (χ4v) is 4.55. The largest absolute Gasteiger partial charge is 0.481 e. The Hall–Kier alpha value is -2.33. The van der Waals surface area contributed by atoms with Crippen LogP contribution in [0.4, 0.5) is 11.4 Å². The van der Waals surface area contributed by atoms with Crippen LogP contribution in [0.25, 0.3) is 0 Å². The highest BCUT2D eigenvalue weighted by molar-refractivity contribution is 5.71. The number of carboxylic acid groups (broad SMARTS) is 1. The van der Waals surface area contributed by atoms with E-state index in [-0.39, 0.29) is 5.92 Å². The van der Waals surface area contributed by atoms with Gasteiger partial charge in [-0.05, 0) is 62.4 Å². The van der Waals surface area contributed by atoms with Crippen molar-refractivity contribution in [2.24, 2.45) is 5.92 Å². The van der Waals surface area contributed by atoms with Gasteiger partial charge in [0, 0.05) is 30.5 Å². The number of nitrogens with zero attached hydrogens (tertiary/aromatic N) is 2. The number of aryl methyl sites for hydroxylation is 2. The Balaban J connectivity index is 1.62. The molecule has 0 saturated carbocycles. The molecule has 2 heterocycles. The second kappa shape index (κ2) is 7.73. The first kappa shape index (κ1) is 18.1. The maximum absolute atomic E-state index is 11.4. The van der Waals surface area contributed by atoms with Crippen molar-refractivity contribution in [3.05, 3.63) is 59.7 Å². The Morgan fingerprint density at radius 2 is 1.67 bits per heavy atom. The monoisotopic (exact) mass is 364 g/mol. The standard InChI is InChI=1S/C23H28N2O2/c1-17(24-14-6-9-20(16-24)23(26)27)15-25-21-10-4-2-7-18(21)12-13-19-8-3-5-11-22(19)25/h2-5,7-8,10-11,17,20H,6,9,12-16H2,1H3,(H,26,27)/t17?,20-/m1/s1. The van der Waals surface area contributed by atoms with Crippen molar-refractivity contribution in [2.75, 3.05) is 24.5 Å². The minimum absolute atomic E-state index is 0.232. The molecule has 0 radical (unpaired) electrons. The molecule has 1 N–H and O–H groups in total. The van der Waals surface area contributed by atoms with Gasteiger partial charge in [-0.25, -0.2) is 0 Å². The highest BCUT2D eigenvalue weighted by Crippen LogP contribution is 2.36. The zero-order chi connectivity index (χ0) is 18.8. The third-order valence-corrected chi connectivity index (χ3v) is 6.10. The van der Waals surface area contributed by atoms with E-state index in [2.05, 4.69) is 65.3 Å². The summed E-state index contributed by atoms with van der Waals surface area (Å²) >= 11 is 0. The first-order valence-electron chi connectivity index (χ1n) is 10.0. The number of carbonyl (C=O) groups is 1. The summed E-state index contributed by atoms with van der Waals surface area (Å²) in [5.41, 5.74) is 5.37. The zero-order valence-electron chi connectivity index (χ0n) is 16.0. The number of hydrogen-bond acceptors (Lipinski definition) is 3. The molecule has 4 heteroatoms.